The summed E-state index contributed by atoms with van der Waals surface area (Å²) >= 11 is 0. The zero-order valence-corrected chi connectivity index (χ0v) is 14.4. The van der Waals surface area contributed by atoms with Crippen molar-refractivity contribution in [3.63, 3.8) is 0 Å². The predicted molar refractivity (Wildman–Crippen MR) is 98.4 cm³/mol. The van der Waals surface area contributed by atoms with Crippen LogP contribution in [0.25, 0.3) is 11.1 Å². The zero-order valence-electron chi connectivity index (χ0n) is 14.4. The molecule has 2 aromatic carbocycles. The SMILES string of the molecule is Cc1cccc(-c2cccc(OCCCN3CCC(O)CC3)c2)c1. The van der Waals surface area contributed by atoms with Gasteiger partial charge in [0.25, 0.3) is 0 Å². The van der Waals surface area contributed by atoms with Gasteiger partial charge in [-0.15, -0.1) is 0 Å². The number of aliphatic hydroxyl groups excluding tert-OH is 1. The Morgan fingerprint density at radius 1 is 1.04 bits per heavy atom. The van der Waals surface area contributed by atoms with E-state index < -0.39 is 0 Å². The number of hydrogen-bond donors (Lipinski definition) is 1. The minimum Gasteiger partial charge on any atom is -0.494 e. The van der Waals surface area contributed by atoms with Crippen molar-refractivity contribution in [2.45, 2.75) is 32.3 Å². The number of piperidine rings is 1. The Labute approximate surface area is 144 Å². The Morgan fingerprint density at radius 3 is 2.50 bits per heavy atom. The highest BCUT2D eigenvalue weighted by Crippen LogP contribution is 2.24. The van der Waals surface area contributed by atoms with E-state index in [9.17, 15) is 5.11 Å². The van der Waals surface area contributed by atoms with Crippen LogP contribution in [0, 0.1) is 6.92 Å². The number of ether oxygens (including phenoxy) is 1. The number of hydrogen-bond acceptors (Lipinski definition) is 3. The van der Waals surface area contributed by atoms with Gasteiger partial charge in [-0.3, -0.25) is 0 Å². The maximum atomic E-state index is 9.53. The maximum absolute atomic E-state index is 9.53. The molecule has 3 heteroatoms. The van der Waals surface area contributed by atoms with Crippen LogP contribution in [0.4, 0.5) is 0 Å². The van der Waals surface area contributed by atoms with E-state index in [2.05, 4.69) is 54.3 Å². The lowest BCUT2D eigenvalue weighted by molar-refractivity contribution is 0.0800. The Balaban J connectivity index is 1.48. The topological polar surface area (TPSA) is 32.7 Å². The van der Waals surface area contributed by atoms with Gasteiger partial charge in [-0.2, -0.15) is 0 Å². The highest BCUT2D eigenvalue weighted by atomic mass is 16.5. The molecule has 1 fully saturated rings. The van der Waals surface area contributed by atoms with Crippen LogP contribution < -0.4 is 4.74 Å². The van der Waals surface area contributed by atoms with Gasteiger partial charge in [-0.1, -0.05) is 42.0 Å². The quantitative estimate of drug-likeness (QED) is 0.818. The van der Waals surface area contributed by atoms with Crippen LogP contribution in [0.1, 0.15) is 24.8 Å². The second kappa shape index (κ2) is 8.32. The molecule has 0 spiro atoms. The normalized spacial score (nSPS) is 16.2. The van der Waals surface area contributed by atoms with Crippen molar-refractivity contribution < 1.29 is 9.84 Å². The molecule has 1 aliphatic heterocycles. The third-order valence-corrected chi connectivity index (χ3v) is 4.63. The van der Waals surface area contributed by atoms with Gasteiger partial charge in [0.1, 0.15) is 5.75 Å². The molecule has 1 heterocycles. The van der Waals surface area contributed by atoms with Gasteiger partial charge in [-0.05, 0) is 49.4 Å². The molecule has 1 aliphatic rings. The molecule has 0 radical (unpaired) electrons. The average molecular weight is 325 g/mol. The zero-order chi connectivity index (χ0) is 16.8. The second-order valence-corrected chi connectivity index (χ2v) is 6.67. The monoisotopic (exact) mass is 325 g/mol. The molecule has 0 saturated carbocycles. The minimum atomic E-state index is -0.0955. The van der Waals surface area contributed by atoms with Crippen molar-refractivity contribution in [2.24, 2.45) is 0 Å². The molecule has 1 saturated heterocycles. The summed E-state index contributed by atoms with van der Waals surface area (Å²) in [6, 6.07) is 16.9. The highest BCUT2D eigenvalue weighted by Gasteiger charge is 2.16. The summed E-state index contributed by atoms with van der Waals surface area (Å²) in [7, 11) is 0. The number of likely N-dealkylation sites (tertiary alicyclic amines) is 1. The van der Waals surface area contributed by atoms with E-state index in [-0.39, 0.29) is 6.10 Å². The number of aliphatic hydroxyl groups is 1. The van der Waals surface area contributed by atoms with Gasteiger partial charge in [-0.25, -0.2) is 0 Å². The molecule has 0 bridgehead atoms. The number of nitrogens with zero attached hydrogens (tertiary/aromatic N) is 1. The maximum Gasteiger partial charge on any atom is 0.119 e. The number of rotatable bonds is 6. The van der Waals surface area contributed by atoms with Crippen LogP contribution >= 0.6 is 0 Å². The Kier molecular flexibility index (Phi) is 5.89. The predicted octanol–water partition coefficient (Wildman–Crippen LogP) is 3.89. The van der Waals surface area contributed by atoms with Crippen molar-refractivity contribution in [2.75, 3.05) is 26.2 Å². The van der Waals surface area contributed by atoms with Crippen molar-refractivity contribution in [3.8, 4) is 16.9 Å². The first-order valence-corrected chi connectivity index (χ1v) is 8.91. The summed E-state index contributed by atoms with van der Waals surface area (Å²) < 4.78 is 5.93. The lowest BCUT2D eigenvalue weighted by Gasteiger charge is -2.29. The molecule has 3 rings (SSSR count). The minimum absolute atomic E-state index is 0.0955. The van der Waals surface area contributed by atoms with Crippen LogP contribution in [0.15, 0.2) is 48.5 Å². The molecular formula is C21H27NO2. The van der Waals surface area contributed by atoms with Gasteiger partial charge in [0.15, 0.2) is 0 Å². The number of benzene rings is 2. The fourth-order valence-electron chi connectivity index (χ4n) is 3.21. The van der Waals surface area contributed by atoms with E-state index in [0.717, 1.165) is 51.3 Å². The largest absolute Gasteiger partial charge is 0.494 e. The first kappa shape index (κ1) is 17.0. The molecule has 0 aliphatic carbocycles. The third kappa shape index (κ3) is 4.83. The van der Waals surface area contributed by atoms with E-state index in [4.69, 9.17) is 4.74 Å². The Morgan fingerprint density at radius 2 is 1.75 bits per heavy atom. The van der Waals surface area contributed by atoms with Crippen LogP contribution in [-0.4, -0.2) is 42.4 Å². The Bertz CT molecular complexity index is 648. The van der Waals surface area contributed by atoms with E-state index in [1.807, 2.05) is 6.07 Å². The van der Waals surface area contributed by atoms with E-state index in [1.54, 1.807) is 0 Å². The molecule has 0 amide bonds. The van der Waals surface area contributed by atoms with Crippen molar-refractivity contribution in [3.05, 3.63) is 54.1 Å². The van der Waals surface area contributed by atoms with E-state index >= 15 is 0 Å². The molecule has 1 N–H and O–H groups in total. The fourth-order valence-corrected chi connectivity index (χ4v) is 3.21. The van der Waals surface area contributed by atoms with E-state index in [0.29, 0.717) is 0 Å². The van der Waals surface area contributed by atoms with Gasteiger partial charge < -0.3 is 14.7 Å². The molecule has 0 atom stereocenters. The average Bonchev–Trinajstić information content (AvgIpc) is 2.61. The van der Waals surface area contributed by atoms with E-state index in [1.165, 1.54) is 16.7 Å². The lowest BCUT2D eigenvalue weighted by Crippen LogP contribution is -2.36. The molecule has 0 aromatic heterocycles. The number of aryl methyl sites for hydroxylation is 1. The van der Waals surface area contributed by atoms with Crippen LogP contribution in [0.2, 0.25) is 0 Å². The molecular weight excluding hydrogens is 298 g/mol. The van der Waals surface area contributed by atoms with Crippen LogP contribution in [-0.2, 0) is 0 Å². The van der Waals surface area contributed by atoms with Gasteiger partial charge >= 0.3 is 0 Å². The summed E-state index contributed by atoms with van der Waals surface area (Å²) in [5.41, 5.74) is 3.69. The molecule has 128 valence electrons. The van der Waals surface area contributed by atoms with Gasteiger partial charge in [0.05, 0.1) is 12.7 Å². The lowest BCUT2D eigenvalue weighted by atomic mass is 10.0. The second-order valence-electron chi connectivity index (χ2n) is 6.67. The summed E-state index contributed by atoms with van der Waals surface area (Å²) in [5.74, 6) is 0.933. The first-order valence-electron chi connectivity index (χ1n) is 8.91. The van der Waals surface area contributed by atoms with Gasteiger partial charge in [0, 0.05) is 19.6 Å². The molecule has 0 unspecified atom stereocenters. The van der Waals surface area contributed by atoms with Crippen LogP contribution in [0.3, 0.4) is 0 Å². The Hall–Kier alpha value is -1.84. The molecule has 24 heavy (non-hydrogen) atoms. The summed E-state index contributed by atoms with van der Waals surface area (Å²) in [4.78, 5) is 2.42. The fraction of sp³-hybridized carbons (Fsp3) is 0.429. The highest BCUT2D eigenvalue weighted by molar-refractivity contribution is 5.65. The van der Waals surface area contributed by atoms with Crippen molar-refractivity contribution >= 4 is 0 Å². The summed E-state index contributed by atoms with van der Waals surface area (Å²) in [6.07, 6.45) is 2.73. The van der Waals surface area contributed by atoms with Crippen LogP contribution in [0.5, 0.6) is 5.75 Å². The summed E-state index contributed by atoms with van der Waals surface area (Å²) in [5, 5.41) is 9.53. The molecule has 2 aromatic rings. The van der Waals surface area contributed by atoms with Crippen molar-refractivity contribution in [1.82, 2.24) is 4.90 Å². The first-order chi connectivity index (χ1) is 11.7. The standard InChI is InChI=1S/C21H27NO2/c1-17-5-2-6-18(15-17)19-7-3-8-21(16-19)24-14-4-11-22-12-9-20(23)10-13-22/h2-3,5-8,15-16,20,23H,4,9-14H2,1H3. The van der Waals surface area contributed by atoms with Crippen molar-refractivity contribution in [1.29, 1.82) is 0 Å². The molecule has 3 nitrogen and oxygen atoms in total. The third-order valence-electron chi connectivity index (χ3n) is 4.63. The smallest absolute Gasteiger partial charge is 0.119 e. The summed E-state index contributed by atoms with van der Waals surface area (Å²) in [6.45, 7) is 5.90. The van der Waals surface area contributed by atoms with Gasteiger partial charge in [0.2, 0.25) is 0 Å².